The fraction of sp³-hybridized carbons (Fsp3) is 0.519. The molecule has 3 saturated heterocycles. The maximum Gasteiger partial charge on any atom is 0.324 e. The quantitative estimate of drug-likeness (QED) is 0.164. The van der Waals surface area contributed by atoms with Crippen LogP contribution in [0.5, 0.6) is 0 Å². The Bertz CT molecular complexity index is 2610. The molecule has 3 aromatic heterocycles. The number of benzene rings is 1. The third-order valence-electron chi connectivity index (χ3n) is 14.1. The lowest BCUT2D eigenvalue weighted by Crippen LogP contribution is -2.62. The van der Waals surface area contributed by atoms with Crippen molar-refractivity contribution in [2.75, 3.05) is 53.6 Å². The summed E-state index contributed by atoms with van der Waals surface area (Å²) in [6.45, 7) is 18.0. The molecule has 0 aliphatic carbocycles. The van der Waals surface area contributed by atoms with Crippen LogP contribution in [-0.2, 0) is 52.8 Å². The number of esters is 1. The SMILES string of the molecule is C=CC(=O)N1CCO[C@H]2CN(C(=O)N(C)[C@H](C(=O)N[C@H]3Cc4cccc(n4)-c4ccc5c(c4)c(c(-c4cccnc4[C@H](C)OC)n5CC)CC(C)(C)COC(=O)C4CCCN(N4)C3=O)C(C)C)C[C@H]21. The number of carbonyl (C=O) groups is 5. The summed E-state index contributed by atoms with van der Waals surface area (Å²) < 4.78 is 20.2. The summed E-state index contributed by atoms with van der Waals surface area (Å²) in [5.74, 6) is -2.02. The van der Waals surface area contributed by atoms with Crippen molar-refractivity contribution < 1.29 is 38.2 Å². The van der Waals surface area contributed by atoms with Gasteiger partial charge in [-0.25, -0.2) is 10.2 Å². The zero-order valence-electron chi connectivity index (χ0n) is 41.2. The maximum absolute atomic E-state index is 14.8. The number of aryl methyl sites for hydroxylation is 1. The number of ether oxygens (including phenoxy) is 3. The van der Waals surface area contributed by atoms with Crippen molar-refractivity contribution in [3.8, 4) is 22.5 Å². The van der Waals surface area contributed by atoms with Gasteiger partial charge in [0.2, 0.25) is 11.8 Å². The predicted molar refractivity (Wildman–Crippen MR) is 260 cm³/mol. The number of nitrogens with one attached hydrogen (secondary N) is 2. The van der Waals surface area contributed by atoms with Crippen LogP contribution >= 0.6 is 0 Å². The van der Waals surface area contributed by atoms with Crippen LogP contribution in [0.25, 0.3) is 33.4 Å². The fourth-order valence-electron chi connectivity index (χ4n) is 10.6. The van der Waals surface area contributed by atoms with E-state index in [0.717, 1.165) is 39.0 Å². The van der Waals surface area contributed by atoms with Crippen LogP contribution < -0.4 is 10.7 Å². The van der Waals surface area contributed by atoms with Crippen molar-refractivity contribution in [1.82, 2.24) is 45.0 Å². The van der Waals surface area contributed by atoms with Gasteiger partial charge >= 0.3 is 12.0 Å². The minimum absolute atomic E-state index is 0.0215. The molecule has 3 fully saturated rings. The third kappa shape index (κ3) is 9.99. The number of hydrogen-bond acceptors (Lipinski definition) is 11. The number of urea groups is 1. The molecule has 2 N–H and O–H groups in total. The van der Waals surface area contributed by atoms with E-state index in [9.17, 15) is 24.0 Å². The first-order valence-corrected chi connectivity index (χ1v) is 24.2. The van der Waals surface area contributed by atoms with Crippen molar-refractivity contribution in [2.24, 2.45) is 11.3 Å². The lowest BCUT2D eigenvalue weighted by molar-refractivity contribution is -0.155. The van der Waals surface area contributed by atoms with Crippen LogP contribution in [0, 0.1) is 11.3 Å². The molecule has 6 bridgehead atoms. The average Bonchev–Trinajstić information content (AvgIpc) is 3.93. The molecular weight excluding hydrogens is 879 g/mol. The Morgan fingerprint density at radius 2 is 1.88 bits per heavy atom. The molecule has 7 heterocycles. The molecule has 4 aliphatic heterocycles. The molecule has 8 rings (SSSR count). The Labute approximate surface area is 404 Å². The number of carbonyl (C=O) groups excluding carboxylic acids is 5. The summed E-state index contributed by atoms with van der Waals surface area (Å²) in [6, 6.07) is 12.4. The minimum Gasteiger partial charge on any atom is -0.464 e. The van der Waals surface area contributed by atoms with Gasteiger partial charge in [0.1, 0.15) is 18.1 Å². The second-order valence-corrected chi connectivity index (χ2v) is 19.9. The highest BCUT2D eigenvalue weighted by Gasteiger charge is 2.46. The van der Waals surface area contributed by atoms with E-state index in [-0.39, 0.29) is 56.2 Å². The zero-order valence-corrected chi connectivity index (χ0v) is 41.2. The Hall–Kier alpha value is -6.17. The van der Waals surface area contributed by atoms with Crippen LogP contribution in [0.15, 0.2) is 67.4 Å². The predicted octanol–water partition coefficient (Wildman–Crippen LogP) is 5.32. The second-order valence-electron chi connectivity index (χ2n) is 19.9. The van der Waals surface area contributed by atoms with Crippen molar-refractivity contribution in [3.05, 3.63) is 84.3 Å². The first kappa shape index (κ1) is 49.3. The summed E-state index contributed by atoms with van der Waals surface area (Å²) in [6.07, 6.45) is 3.98. The van der Waals surface area contributed by atoms with Gasteiger partial charge in [0.05, 0.1) is 55.1 Å². The fourth-order valence-corrected chi connectivity index (χ4v) is 10.6. The van der Waals surface area contributed by atoms with Gasteiger partial charge in [-0.3, -0.25) is 34.2 Å². The van der Waals surface area contributed by atoms with E-state index < -0.39 is 47.4 Å². The smallest absolute Gasteiger partial charge is 0.324 e. The molecule has 17 heteroatoms. The molecule has 0 spiro atoms. The van der Waals surface area contributed by atoms with Gasteiger partial charge in [0.25, 0.3) is 5.91 Å². The van der Waals surface area contributed by atoms with Crippen LogP contribution in [0.1, 0.15) is 77.4 Å². The van der Waals surface area contributed by atoms with Crippen LogP contribution in [0.2, 0.25) is 0 Å². The number of hydrogen-bond donors (Lipinski definition) is 2. The molecule has 0 radical (unpaired) electrons. The maximum atomic E-state index is 14.8. The zero-order chi connectivity index (χ0) is 49.3. The number of pyridine rings is 2. The molecule has 5 amide bonds. The van der Waals surface area contributed by atoms with Crippen LogP contribution in [-0.4, -0.2) is 148 Å². The molecule has 69 heavy (non-hydrogen) atoms. The lowest BCUT2D eigenvalue weighted by atomic mass is 9.84. The van der Waals surface area contributed by atoms with Crippen molar-refractivity contribution >= 4 is 40.6 Å². The van der Waals surface area contributed by atoms with Crippen molar-refractivity contribution in [2.45, 2.75) is 110 Å². The molecule has 4 aliphatic rings. The molecule has 17 nitrogen and oxygen atoms in total. The highest BCUT2D eigenvalue weighted by molar-refractivity contribution is 5.96. The van der Waals surface area contributed by atoms with E-state index in [4.69, 9.17) is 24.2 Å². The van der Waals surface area contributed by atoms with Gasteiger partial charge in [-0.15, -0.1) is 0 Å². The largest absolute Gasteiger partial charge is 0.464 e. The number of aromatic nitrogens is 3. The molecule has 1 aromatic carbocycles. The Morgan fingerprint density at radius 1 is 1.09 bits per heavy atom. The number of methoxy groups -OCH3 is 1. The van der Waals surface area contributed by atoms with Gasteiger partial charge in [0, 0.05) is 86.1 Å². The standard InChI is InChI=1S/C52H67N9O8/c1-10-44(62)60-23-24-68-43-29-58(28-42(43)60)51(66)57(8)46(31(3)4)48(63)55-40-26-34-15-12-17-38(54-34)33-19-20-41-36(25-33)37(47(59(41)11-2)35-16-13-21-53-45(35)32(5)67-9)27-52(6,7)30-69-50(65)39-18-14-22-61(56-39)49(40)64/h10,12-13,15-17,19-21,25,31-32,39-40,42-43,46,56H,1,11,14,18,22-24,26-30H2,2-9H3,(H,55,63)/t32-,39?,40-,42+,43-,46-/m0/s1. The third-order valence-corrected chi connectivity index (χ3v) is 14.1. The summed E-state index contributed by atoms with van der Waals surface area (Å²) >= 11 is 0. The molecule has 6 atom stereocenters. The van der Waals surface area contributed by atoms with Gasteiger partial charge in [-0.1, -0.05) is 46.4 Å². The van der Waals surface area contributed by atoms with E-state index in [2.05, 4.69) is 66.9 Å². The van der Waals surface area contributed by atoms with Crippen molar-refractivity contribution in [3.63, 3.8) is 0 Å². The topological polar surface area (TPSA) is 181 Å². The number of hydrazine groups is 1. The normalized spacial score (nSPS) is 22.7. The Morgan fingerprint density at radius 3 is 2.62 bits per heavy atom. The summed E-state index contributed by atoms with van der Waals surface area (Å²) in [5.41, 5.74) is 9.68. The number of nitrogens with zero attached hydrogens (tertiary/aromatic N) is 7. The first-order valence-electron chi connectivity index (χ1n) is 24.2. The van der Waals surface area contributed by atoms with Gasteiger partial charge in [-0.2, -0.15) is 0 Å². The first-order chi connectivity index (χ1) is 33.0. The number of cyclic esters (lactones) is 1. The van der Waals surface area contributed by atoms with E-state index in [1.807, 2.05) is 45.0 Å². The summed E-state index contributed by atoms with van der Waals surface area (Å²) in [4.78, 5) is 84.9. The Kier molecular flexibility index (Phi) is 14.6. The number of rotatable bonds is 9. The number of likely N-dealkylation sites (N-methyl/N-ethyl adjacent to an activating group) is 1. The van der Waals surface area contributed by atoms with E-state index in [1.54, 1.807) is 30.2 Å². The minimum atomic E-state index is -1.13. The number of fused-ring (bicyclic) bond motifs is 7. The Balaban J connectivity index is 1.15. The van der Waals surface area contributed by atoms with Gasteiger partial charge < -0.3 is 38.8 Å². The lowest BCUT2D eigenvalue weighted by Gasteiger charge is -2.37. The van der Waals surface area contributed by atoms with Crippen LogP contribution in [0.4, 0.5) is 4.79 Å². The second kappa shape index (κ2) is 20.4. The van der Waals surface area contributed by atoms with Gasteiger partial charge in [0.15, 0.2) is 0 Å². The van der Waals surface area contributed by atoms with E-state index in [0.29, 0.717) is 56.9 Å². The van der Waals surface area contributed by atoms with Gasteiger partial charge in [-0.05, 0) is 87.1 Å². The van der Waals surface area contributed by atoms with Crippen LogP contribution in [0.3, 0.4) is 0 Å². The molecular formula is C52H67N9O8. The highest BCUT2D eigenvalue weighted by Crippen LogP contribution is 2.42. The molecule has 368 valence electrons. The van der Waals surface area contributed by atoms with E-state index >= 15 is 0 Å². The highest BCUT2D eigenvalue weighted by atomic mass is 16.5. The summed E-state index contributed by atoms with van der Waals surface area (Å²) in [5, 5.41) is 5.47. The number of morpholine rings is 1. The summed E-state index contributed by atoms with van der Waals surface area (Å²) in [7, 11) is 3.26. The number of amides is 5. The van der Waals surface area contributed by atoms with E-state index in [1.165, 1.54) is 16.0 Å². The molecule has 0 saturated carbocycles. The monoisotopic (exact) mass is 946 g/mol. The van der Waals surface area contributed by atoms with Crippen molar-refractivity contribution in [1.29, 1.82) is 0 Å². The average molecular weight is 946 g/mol. The molecule has 1 unspecified atom stereocenters. The number of likely N-dealkylation sites (tertiary alicyclic amines) is 1. The molecule has 4 aromatic rings.